The van der Waals surface area contributed by atoms with Gasteiger partial charge in [-0.3, -0.25) is 5.10 Å². The van der Waals surface area contributed by atoms with Crippen LogP contribution < -0.4 is 19.9 Å². The Morgan fingerprint density at radius 1 is 1.29 bits per heavy atom. The molecule has 0 saturated carbocycles. The number of methoxy groups -OCH3 is 2. The molecule has 0 spiro atoms. The Morgan fingerprint density at radius 2 is 1.96 bits per heavy atom. The Bertz CT molecular complexity index is 826. The van der Waals surface area contributed by atoms with Gasteiger partial charge in [0.1, 0.15) is 23.1 Å². The first kappa shape index (κ1) is 15.7. The minimum Gasteiger partial charge on any atom is -0.497 e. The molecule has 7 heteroatoms. The Hall–Kier alpha value is -3.14. The molecular weight excluding hydrogens is 308 g/mol. The summed E-state index contributed by atoms with van der Waals surface area (Å²) in [7, 11) is 3.16. The molecule has 2 heterocycles. The molecule has 0 bridgehead atoms. The number of allylic oxidation sites excluding steroid dienone is 1. The molecule has 124 valence electrons. The van der Waals surface area contributed by atoms with Crippen LogP contribution in [0.15, 0.2) is 29.7 Å². The van der Waals surface area contributed by atoms with Crippen LogP contribution in [0.4, 0.5) is 0 Å². The van der Waals surface area contributed by atoms with Gasteiger partial charge in [0.2, 0.25) is 11.8 Å². The van der Waals surface area contributed by atoms with Crippen LogP contribution in [0, 0.1) is 11.3 Å². The number of rotatable bonds is 4. The van der Waals surface area contributed by atoms with E-state index in [0.717, 1.165) is 23.2 Å². The minimum absolute atomic E-state index is 0.0611. The summed E-state index contributed by atoms with van der Waals surface area (Å²) in [6, 6.07) is 7.66. The van der Waals surface area contributed by atoms with Crippen LogP contribution in [-0.4, -0.2) is 24.4 Å². The topological polar surface area (TPSA) is 106 Å². The number of benzene rings is 1. The van der Waals surface area contributed by atoms with Crippen molar-refractivity contribution in [2.24, 2.45) is 5.73 Å². The van der Waals surface area contributed by atoms with Gasteiger partial charge in [0.25, 0.3) is 0 Å². The second-order valence-electron chi connectivity index (χ2n) is 5.35. The maximum absolute atomic E-state index is 9.61. The standard InChI is InChI=1S/C17H18N4O3/c1-4-13-15-14(9-5-10(22-2)7-11(6-9)23-3)12(8-18)16(19)24-17(15)21-20-13/h5-7,14H,4,19H2,1-3H3,(H,20,21). The van der Waals surface area contributed by atoms with Gasteiger partial charge >= 0.3 is 0 Å². The number of fused-ring (bicyclic) bond motifs is 1. The molecule has 3 N–H and O–H groups in total. The quantitative estimate of drug-likeness (QED) is 0.892. The van der Waals surface area contributed by atoms with Crippen molar-refractivity contribution in [1.82, 2.24) is 10.2 Å². The van der Waals surface area contributed by atoms with Gasteiger partial charge in [0.05, 0.1) is 20.1 Å². The van der Waals surface area contributed by atoms with Crippen molar-refractivity contribution in [1.29, 1.82) is 5.26 Å². The van der Waals surface area contributed by atoms with Crippen molar-refractivity contribution in [3.05, 3.63) is 46.5 Å². The lowest BCUT2D eigenvalue weighted by Gasteiger charge is -2.24. The number of nitrogens with two attached hydrogens (primary N) is 1. The molecule has 0 radical (unpaired) electrons. The fourth-order valence-electron chi connectivity index (χ4n) is 2.91. The van der Waals surface area contributed by atoms with E-state index in [-0.39, 0.29) is 5.88 Å². The number of aryl methyl sites for hydroxylation is 1. The van der Waals surface area contributed by atoms with Gasteiger partial charge in [-0.25, -0.2) is 0 Å². The van der Waals surface area contributed by atoms with Crippen LogP contribution in [-0.2, 0) is 6.42 Å². The van der Waals surface area contributed by atoms with Crippen LogP contribution in [0.3, 0.4) is 0 Å². The van der Waals surface area contributed by atoms with E-state index in [4.69, 9.17) is 19.9 Å². The first-order valence-electron chi connectivity index (χ1n) is 7.50. The molecule has 0 saturated heterocycles. The maximum atomic E-state index is 9.61. The van der Waals surface area contributed by atoms with Crippen molar-refractivity contribution >= 4 is 0 Å². The Balaban J connectivity index is 2.25. The van der Waals surface area contributed by atoms with Crippen molar-refractivity contribution in [2.75, 3.05) is 14.2 Å². The lowest BCUT2D eigenvalue weighted by Crippen LogP contribution is -2.21. The molecule has 7 nitrogen and oxygen atoms in total. The van der Waals surface area contributed by atoms with Crippen LogP contribution in [0.1, 0.15) is 29.7 Å². The number of H-pyrrole nitrogens is 1. The van der Waals surface area contributed by atoms with Crippen LogP contribution >= 0.6 is 0 Å². The summed E-state index contributed by atoms with van der Waals surface area (Å²) in [5.74, 6) is 1.34. The summed E-state index contributed by atoms with van der Waals surface area (Å²) in [5, 5.41) is 16.7. The molecule has 3 rings (SSSR count). The van der Waals surface area contributed by atoms with E-state index < -0.39 is 5.92 Å². The summed E-state index contributed by atoms with van der Waals surface area (Å²) >= 11 is 0. The fraction of sp³-hybridized carbons (Fsp3) is 0.294. The molecular formula is C17H18N4O3. The third-order valence-corrected chi connectivity index (χ3v) is 4.08. The van der Waals surface area contributed by atoms with E-state index in [1.807, 2.05) is 19.1 Å². The lowest BCUT2D eigenvalue weighted by molar-refractivity contribution is 0.377. The number of aromatic nitrogens is 2. The number of aromatic amines is 1. The maximum Gasteiger partial charge on any atom is 0.244 e. The van der Waals surface area contributed by atoms with E-state index in [1.165, 1.54) is 0 Å². The number of hydrogen-bond donors (Lipinski definition) is 2. The number of nitrogens with one attached hydrogen (secondary N) is 1. The largest absolute Gasteiger partial charge is 0.497 e. The fourth-order valence-corrected chi connectivity index (χ4v) is 2.91. The van der Waals surface area contributed by atoms with E-state index in [9.17, 15) is 5.26 Å². The van der Waals surface area contributed by atoms with Gasteiger partial charge in [0.15, 0.2) is 0 Å². The van der Waals surface area contributed by atoms with Gasteiger partial charge in [-0.1, -0.05) is 6.92 Å². The van der Waals surface area contributed by atoms with Gasteiger partial charge in [0, 0.05) is 17.3 Å². The Kier molecular flexibility index (Phi) is 4.04. The third kappa shape index (κ3) is 2.42. The normalized spacial score (nSPS) is 16.2. The molecule has 24 heavy (non-hydrogen) atoms. The Labute approximate surface area is 139 Å². The highest BCUT2D eigenvalue weighted by Crippen LogP contribution is 2.44. The summed E-state index contributed by atoms with van der Waals surface area (Å²) in [4.78, 5) is 0. The van der Waals surface area contributed by atoms with Gasteiger partial charge in [-0.05, 0) is 24.1 Å². The Morgan fingerprint density at radius 3 is 2.50 bits per heavy atom. The van der Waals surface area contributed by atoms with E-state index in [1.54, 1.807) is 20.3 Å². The third-order valence-electron chi connectivity index (χ3n) is 4.08. The molecule has 1 unspecified atom stereocenters. The summed E-state index contributed by atoms with van der Waals surface area (Å²) in [6.07, 6.45) is 0.724. The highest BCUT2D eigenvalue weighted by molar-refractivity contribution is 5.57. The zero-order chi connectivity index (χ0) is 17.3. The van der Waals surface area contributed by atoms with Crippen molar-refractivity contribution in [3.8, 4) is 23.4 Å². The van der Waals surface area contributed by atoms with Crippen LogP contribution in [0.2, 0.25) is 0 Å². The van der Waals surface area contributed by atoms with Crippen molar-refractivity contribution in [3.63, 3.8) is 0 Å². The molecule has 1 aliphatic heterocycles. The van der Waals surface area contributed by atoms with E-state index >= 15 is 0 Å². The van der Waals surface area contributed by atoms with Gasteiger partial charge in [-0.2, -0.15) is 5.26 Å². The molecule has 1 aromatic carbocycles. The predicted molar refractivity (Wildman–Crippen MR) is 86.8 cm³/mol. The number of ether oxygens (including phenoxy) is 3. The predicted octanol–water partition coefficient (Wildman–Crippen LogP) is 2.21. The highest BCUT2D eigenvalue weighted by atomic mass is 16.5. The van der Waals surface area contributed by atoms with Crippen molar-refractivity contribution in [2.45, 2.75) is 19.3 Å². The molecule has 0 fully saturated rings. The second kappa shape index (κ2) is 6.16. The smallest absolute Gasteiger partial charge is 0.244 e. The van der Waals surface area contributed by atoms with Gasteiger partial charge in [-0.15, -0.1) is 5.10 Å². The highest BCUT2D eigenvalue weighted by Gasteiger charge is 2.35. The van der Waals surface area contributed by atoms with Crippen LogP contribution in [0.25, 0.3) is 0 Å². The number of nitrogens with zero attached hydrogens (tertiary/aromatic N) is 2. The lowest BCUT2D eigenvalue weighted by atomic mass is 9.83. The average molecular weight is 326 g/mol. The minimum atomic E-state index is -0.392. The van der Waals surface area contributed by atoms with Crippen LogP contribution in [0.5, 0.6) is 17.4 Å². The number of nitriles is 1. The summed E-state index contributed by atoms with van der Waals surface area (Å²) in [5.41, 5.74) is 8.83. The monoisotopic (exact) mass is 326 g/mol. The molecule has 1 atom stereocenters. The first-order chi connectivity index (χ1) is 11.6. The molecule has 2 aromatic rings. The second-order valence-corrected chi connectivity index (χ2v) is 5.35. The SMILES string of the molecule is CCc1[nH]nc2c1C(c1cc(OC)cc(OC)c1)C(C#N)=C(N)O2. The average Bonchev–Trinajstić information content (AvgIpc) is 3.02. The molecule has 0 amide bonds. The molecule has 1 aliphatic rings. The summed E-state index contributed by atoms with van der Waals surface area (Å²) < 4.78 is 16.2. The molecule has 0 aliphatic carbocycles. The molecule has 1 aromatic heterocycles. The zero-order valence-electron chi connectivity index (χ0n) is 13.7. The van der Waals surface area contributed by atoms with E-state index in [2.05, 4.69) is 16.3 Å². The zero-order valence-corrected chi connectivity index (χ0v) is 13.7. The number of hydrogen-bond acceptors (Lipinski definition) is 6. The van der Waals surface area contributed by atoms with E-state index in [0.29, 0.717) is 23.0 Å². The van der Waals surface area contributed by atoms with Crippen molar-refractivity contribution < 1.29 is 14.2 Å². The first-order valence-corrected chi connectivity index (χ1v) is 7.50. The van der Waals surface area contributed by atoms with Gasteiger partial charge < -0.3 is 19.9 Å². The summed E-state index contributed by atoms with van der Waals surface area (Å²) in [6.45, 7) is 2.00.